The molecule has 0 aliphatic carbocycles. The van der Waals surface area contributed by atoms with Gasteiger partial charge >= 0.3 is 0 Å². The third-order valence-electron chi connectivity index (χ3n) is 4.20. The van der Waals surface area contributed by atoms with Gasteiger partial charge in [-0.15, -0.1) is 0 Å². The largest absolute Gasteiger partial charge is 0.314 e. The van der Waals surface area contributed by atoms with E-state index in [0.29, 0.717) is 6.04 Å². The second-order valence-electron chi connectivity index (χ2n) is 5.12. The summed E-state index contributed by atoms with van der Waals surface area (Å²) in [4.78, 5) is 5.26. The van der Waals surface area contributed by atoms with Gasteiger partial charge in [-0.2, -0.15) is 11.3 Å². The molecule has 3 nitrogen and oxygen atoms in total. The molecule has 3 heterocycles. The van der Waals surface area contributed by atoms with Crippen LogP contribution in [0.3, 0.4) is 0 Å². The molecule has 2 aliphatic heterocycles. The fourth-order valence-corrected chi connectivity index (χ4v) is 3.49. The number of nitrogens with one attached hydrogen (secondary N) is 1. The van der Waals surface area contributed by atoms with Gasteiger partial charge in [0.15, 0.2) is 0 Å². The van der Waals surface area contributed by atoms with Gasteiger partial charge in [0.1, 0.15) is 0 Å². The van der Waals surface area contributed by atoms with Crippen LogP contribution in [0.25, 0.3) is 0 Å². The molecule has 2 saturated heterocycles. The molecule has 0 aromatic carbocycles. The molecular weight excluding hydrogens is 230 g/mol. The molecule has 1 aromatic rings. The quantitative estimate of drug-likeness (QED) is 0.876. The summed E-state index contributed by atoms with van der Waals surface area (Å²) in [5.74, 6) is 0. The second-order valence-corrected chi connectivity index (χ2v) is 5.90. The molecule has 0 radical (unpaired) electrons. The SMILES string of the molecule is CC(c1ccsc1)N1CCN(C2CNC2)CC1. The van der Waals surface area contributed by atoms with Crippen LogP contribution in [0.15, 0.2) is 16.8 Å². The summed E-state index contributed by atoms with van der Waals surface area (Å²) in [7, 11) is 0. The zero-order valence-corrected chi connectivity index (χ0v) is 11.2. The standard InChI is InChI=1S/C13H21N3S/c1-11(12-2-7-17-10-12)15-3-5-16(6-4-15)13-8-14-9-13/h2,7,10-11,13-14H,3-6,8-9H2,1H3. The van der Waals surface area contributed by atoms with Crippen LogP contribution in [-0.4, -0.2) is 55.1 Å². The van der Waals surface area contributed by atoms with E-state index >= 15 is 0 Å². The molecule has 1 atom stereocenters. The molecule has 94 valence electrons. The van der Waals surface area contributed by atoms with E-state index in [9.17, 15) is 0 Å². The Morgan fingerprint density at radius 2 is 2.06 bits per heavy atom. The predicted octanol–water partition coefficient (Wildman–Crippen LogP) is 1.40. The van der Waals surface area contributed by atoms with Crippen LogP contribution in [0.5, 0.6) is 0 Å². The van der Waals surface area contributed by atoms with Crippen molar-refractivity contribution in [1.82, 2.24) is 15.1 Å². The van der Waals surface area contributed by atoms with E-state index in [1.165, 1.54) is 44.8 Å². The van der Waals surface area contributed by atoms with Gasteiger partial charge < -0.3 is 5.32 Å². The van der Waals surface area contributed by atoms with E-state index in [0.717, 1.165) is 6.04 Å². The molecule has 1 N–H and O–H groups in total. The Morgan fingerprint density at radius 1 is 1.29 bits per heavy atom. The van der Waals surface area contributed by atoms with Crippen LogP contribution in [-0.2, 0) is 0 Å². The van der Waals surface area contributed by atoms with Gasteiger partial charge in [0, 0.05) is 51.4 Å². The summed E-state index contributed by atoms with van der Waals surface area (Å²) in [6, 6.07) is 3.66. The maximum Gasteiger partial charge on any atom is 0.0346 e. The van der Waals surface area contributed by atoms with E-state index in [2.05, 4.69) is 38.9 Å². The van der Waals surface area contributed by atoms with Crippen molar-refractivity contribution >= 4 is 11.3 Å². The first-order valence-electron chi connectivity index (χ1n) is 6.55. The van der Waals surface area contributed by atoms with E-state index in [4.69, 9.17) is 0 Å². The Labute approximate surface area is 107 Å². The monoisotopic (exact) mass is 251 g/mol. The fourth-order valence-electron chi connectivity index (χ4n) is 2.75. The van der Waals surface area contributed by atoms with Crippen LogP contribution >= 0.6 is 11.3 Å². The summed E-state index contributed by atoms with van der Waals surface area (Å²) in [6.45, 7) is 9.63. The van der Waals surface area contributed by atoms with Crippen LogP contribution in [0, 0.1) is 0 Å². The van der Waals surface area contributed by atoms with Gasteiger partial charge in [-0.3, -0.25) is 9.80 Å². The Bertz CT molecular complexity index is 340. The highest BCUT2D eigenvalue weighted by Crippen LogP contribution is 2.24. The van der Waals surface area contributed by atoms with Gasteiger partial charge in [-0.25, -0.2) is 0 Å². The lowest BCUT2D eigenvalue weighted by Gasteiger charge is -2.44. The number of piperazine rings is 1. The first kappa shape index (κ1) is 11.7. The number of rotatable bonds is 3. The van der Waals surface area contributed by atoms with Gasteiger partial charge in [0.25, 0.3) is 0 Å². The molecular formula is C13H21N3S. The highest BCUT2D eigenvalue weighted by Gasteiger charge is 2.29. The third-order valence-corrected chi connectivity index (χ3v) is 4.90. The molecule has 17 heavy (non-hydrogen) atoms. The Kier molecular flexibility index (Phi) is 3.47. The number of nitrogens with zero attached hydrogens (tertiary/aromatic N) is 2. The van der Waals surface area contributed by atoms with Crippen LogP contribution in [0.2, 0.25) is 0 Å². The average molecular weight is 251 g/mol. The van der Waals surface area contributed by atoms with E-state index in [1.54, 1.807) is 11.3 Å². The summed E-state index contributed by atoms with van der Waals surface area (Å²) < 4.78 is 0. The molecule has 2 fully saturated rings. The van der Waals surface area contributed by atoms with Crippen molar-refractivity contribution in [2.24, 2.45) is 0 Å². The fraction of sp³-hybridized carbons (Fsp3) is 0.692. The summed E-state index contributed by atoms with van der Waals surface area (Å²) >= 11 is 1.80. The van der Waals surface area contributed by atoms with E-state index in [-0.39, 0.29) is 0 Å². The molecule has 0 amide bonds. The Hall–Kier alpha value is -0.420. The number of hydrogen-bond acceptors (Lipinski definition) is 4. The molecule has 0 saturated carbocycles. The maximum atomic E-state index is 3.36. The number of thiophene rings is 1. The smallest absolute Gasteiger partial charge is 0.0346 e. The van der Waals surface area contributed by atoms with Crippen molar-refractivity contribution in [3.63, 3.8) is 0 Å². The van der Waals surface area contributed by atoms with Crippen molar-refractivity contribution in [2.75, 3.05) is 39.3 Å². The van der Waals surface area contributed by atoms with Gasteiger partial charge in [-0.05, 0) is 29.3 Å². The second kappa shape index (κ2) is 5.06. The minimum Gasteiger partial charge on any atom is -0.314 e. The lowest BCUT2D eigenvalue weighted by atomic mass is 10.1. The highest BCUT2D eigenvalue weighted by atomic mass is 32.1. The third kappa shape index (κ3) is 2.40. The van der Waals surface area contributed by atoms with Crippen LogP contribution in [0.1, 0.15) is 18.5 Å². The average Bonchev–Trinajstić information content (AvgIpc) is 2.80. The minimum atomic E-state index is 0.586. The normalized spacial score (nSPS) is 25.7. The minimum absolute atomic E-state index is 0.586. The molecule has 4 heteroatoms. The van der Waals surface area contributed by atoms with Crippen molar-refractivity contribution in [2.45, 2.75) is 19.0 Å². The van der Waals surface area contributed by atoms with Gasteiger partial charge in [0.05, 0.1) is 0 Å². The van der Waals surface area contributed by atoms with Crippen molar-refractivity contribution in [3.05, 3.63) is 22.4 Å². The van der Waals surface area contributed by atoms with Crippen molar-refractivity contribution in [1.29, 1.82) is 0 Å². The predicted molar refractivity (Wildman–Crippen MR) is 72.5 cm³/mol. The van der Waals surface area contributed by atoms with Gasteiger partial charge in [0.2, 0.25) is 0 Å². The number of hydrogen-bond donors (Lipinski definition) is 1. The van der Waals surface area contributed by atoms with Crippen LogP contribution in [0.4, 0.5) is 0 Å². The lowest BCUT2D eigenvalue weighted by molar-refractivity contribution is 0.0553. The molecule has 0 bridgehead atoms. The molecule has 2 aliphatic rings. The van der Waals surface area contributed by atoms with Gasteiger partial charge in [-0.1, -0.05) is 0 Å². The van der Waals surface area contributed by atoms with Crippen molar-refractivity contribution in [3.8, 4) is 0 Å². The molecule has 3 rings (SSSR count). The van der Waals surface area contributed by atoms with E-state index < -0.39 is 0 Å². The zero-order valence-electron chi connectivity index (χ0n) is 10.4. The Balaban J connectivity index is 1.54. The Morgan fingerprint density at radius 3 is 2.59 bits per heavy atom. The first-order valence-corrected chi connectivity index (χ1v) is 7.50. The van der Waals surface area contributed by atoms with Crippen molar-refractivity contribution < 1.29 is 0 Å². The highest BCUT2D eigenvalue weighted by molar-refractivity contribution is 7.07. The lowest BCUT2D eigenvalue weighted by Crippen LogP contribution is -2.61. The van der Waals surface area contributed by atoms with E-state index in [1.807, 2.05) is 0 Å². The molecule has 1 unspecified atom stereocenters. The summed E-state index contributed by atoms with van der Waals surface area (Å²) in [5.41, 5.74) is 1.48. The van der Waals surface area contributed by atoms with Crippen LogP contribution < -0.4 is 5.32 Å². The summed E-state index contributed by atoms with van der Waals surface area (Å²) in [6.07, 6.45) is 0. The molecule has 0 spiro atoms. The first-order chi connectivity index (χ1) is 8.34. The zero-order chi connectivity index (χ0) is 11.7. The molecule has 1 aromatic heterocycles. The summed E-state index contributed by atoms with van der Waals surface area (Å²) in [5, 5.41) is 7.83. The maximum absolute atomic E-state index is 3.36. The topological polar surface area (TPSA) is 18.5 Å².